The lowest BCUT2D eigenvalue weighted by Crippen LogP contribution is -2.45. The number of aryl methyl sites for hydroxylation is 2. The average molecular weight is 304 g/mol. The van der Waals surface area contributed by atoms with Crippen molar-refractivity contribution in [3.63, 3.8) is 0 Å². The van der Waals surface area contributed by atoms with Gasteiger partial charge in [0.05, 0.1) is 6.10 Å². The van der Waals surface area contributed by atoms with Gasteiger partial charge in [-0.3, -0.25) is 9.59 Å². The molecule has 2 rings (SSSR count). The van der Waals surface area contributed by atoms with Crippen molar-refractivity contribution in [2.24, 2.45) is 5.92 Å². The van der Waals surface area contributed by atoms with E-state index in [4.69, 9.17) is 0 Å². The van der Waals surface area contributed by atoms with Crippen LogP contribution in [0.2, 0.25) is 0 Å². The third-order valence-corrected chi connectivity index (χ3v) is 4.34. The third-order valence-electron chi connectivity index (χ3n) is 4.34. The van der Waals surface area contributed by atoms with Crippen LogP contribution in [0.3, 0.4) is 0 Å². The van der Waals surface area contributed by atoms with Crippen LogP contribution in [0.15, 0.2) is 18.2 Å². The summed E-state index contributed by atoms with van der Waals surface area (Å²) in [5.41, 5.74) is 2.64. The van der Waals surface area contributed by atoms with E-state index in [-0.39, 0.29) is 12.0 Å². The predicted octanol–water partition coefficient (Wildman–Crippen LogP) is 1.86. The summed E-state index contributed by atoms with van der Waals surface area (Å²) in [5, 5.41) is 12.3. The molecule has 1 fully saturated rings. The number of piperidine rings is 1. The Bertz CT molecular complexity index is 561. The summed E-state index contributed by atoms with van der Waals surface area (Å²) in [6.45, 7) is 6.66. The summed E-state index contributed by atoms with van der Waals surface area (Å²) >= 11 is 0. The van der Waals surface area contributed by atoms with E-state index in [2.05, 4.69) is 5.32 Å². The van der Waals surface area contributed by atoms with Crippen LogP contribution < -0.4 is 5.32 Å². The molecule has 5 nitrogen and oxygen atoms in total. The van der Waals surface area contributed by atoms with Crippen molar-refractivity contribution in [2.75, 3.05) is 18.4 Å². The van der Waals surface area contributed by atoms with Crippen LogP contribution in [0.4, 0.5) is 5.69 Å². The highest BCUT2D eigenvalue weighted by atomic mass is 16.3. The maximum atomic E-state index is 12.2. The Morgan fingerprint density at radius 2 is 1.91 bits per heavy atom. The van der Waals surface area contributed by atoms with E-state index < -0.39 is 11.8 Å². The molecule has 1 heterocycles. The number of aliphatic hydroxyl groups is 1. The van der Waals surface area contributed by atoms with Crippen LogP contribution in [0.25, 0.3) is 0 Å². The molecule has 0 saturated carbocycles. The molecule has 2 N–H and O–H groups in total. The number of hydrogen-bond donors (Lipinski definition) is 2. The SMILES string of the molecule is Cc1ccc(C)c(NC(=O)C(=O)N2CCC(C(C)O)CC2)c1. The zero-order valence-electron chi connectivity index (χ0n) is 13.4. The first kappa shape index (κ1) is 16.5. The minimum atomic E-state index is -0.593. The van der Waals surface area contributed by atoms with Gasteiger partial charge in [0, 0.05) is 18.8 Å². The van der Waals surface area contributed by atoms with E-state index in [1.54, 1.807) is 11.8 Å². The summed E-state index contributed by atoms with van der Waals surface area (Å²) in [5.74, 6) is -0.875. The molecule has 1 aromatic rings. The number of likely N-dealkylation sites (tertiary alicyclic amines) is 1. The smallest absolute Gasteiger partial charge is 0.313 e. The fourth-order valence-electron chi connectivity index (χ4n) is 2.77. The fraction of sp³-hybridized carbons (Fsp3) is 0.529. The molecule has 0 aliphatic carbocycles. The number of benzene rings is 1. The zero-order valence-corrected chi connectivity index (χ0v) is 13.4. The Morgan fingerprint density at radius 3 is 2.50 bits per heavy atom. The number of hydrogen-bond acceptors (Lipinski definition) is 3. The molecule has 1 aliphatic heterocycles. The first-order valence-corrected chi connectivity index (χ1v) is 7.74. The van der Waals surface area contributed by atoms with E-state index in [1.165, 1.54) is 0 Å². The largest absolute Gasteiger partial charge is 0.393 e. The molecule has 120 valence electrons. The number of aliphatic hydroxyl groups excluding tert-OH is 1. The molecule has 0 spiro atoms. The number of anilines is 1. The van der Waals surface area contributed by atoms with Gasteiger partial charge in [0.15, 0.2) is 0 Å². The number of rotatable bonds is 2. The van der Waals surface area contributed by atoms with Gasteiger partial charge in [0.25, 0.3) is 0 Å². The second kappa shape index (κ2) is 6.92. The molecule has 0 bridgehead atoms. The van der Waals surface area contributed by atoms with Crippen LogP contribution in [0, 0.1) is 19.8 Å². The van der Waals surface area contributed by atoms with Crippen LogP contribution >= 0.6 is 0 Å². The van der Waals surface area contributed by atoms with Gasteiger partial charge in [-0.25, -0.2) is 0 Å². The molecular weight excluding hydrogens is 280 g/mol. The van der Waals surface area contributed by atoms with Gasteiger partial charge in [0.1, 0.15) is 0 Å². The topological polar surface area (TPSA) is 69.6 Å². The molecule has 1 aliphatic rings. The van der Waals surface area contributed by atoms with E-state index in [0.29, 0.717) is 18.8 Å². The molecule has 1 saturated heterocycles. The highest BCUT2D eigenvalue weighted by Gasteiger charge is 2.28. The summed E-state index contributed by atoms with van der Waals surface area (Å²) < 4.78 is 0. The Hall–Kier alpha value is -1.88. The second-order valence-electron chi connectivity index (χ2n) is 6.14. The average Bonchev–Trinajstić information content (AvgIpc) is 2.50. The number of nitrogens with zero attached hydrogens (tertiary/aromatic N) is 1. The van der Waals surface area contributed by atoms with Gasteiger partial charge in [-0.2, -0.15) is 0 Å². The van der Waals surface area contributed by atoms with E-state index in [0.717, 1.165) is 24.0 Å². The summed E-state index contributed by atoms with van der Waals surface area (Å²) in [6.07, 6.45) is 1.11. The van der Waals surface area contributed by atoms with Gasteiger partial charge in [-0.05, 0) is 56.7 Å². The maximum Gasteiger partial charge on any atom is 0.313 e. The zero-order chi connectivity index (χ0) is 16.3. The van der Waals surface area contributed by atoms with Crippen LogP contribution in [0.5, 0.6) is 0 Å². The highest BCUT2D eigenvalue weighted by molar-refractivity contribution is 6.39. The standard InChI is InChI=1S/C17H24N2O3/c1-11-4-5-12(2)15(10-11)18-16(21)17(22)19-8-6-14(7-9-19)13(3)20/h4-5,10,13-14,20H,6-9H2,1-3H3,(H,18,21). The number of amides is 2. The lowest BCUT2D eigenvalue weighted by molar-refractivity contribution is -0.144. The first-order chi connectivity index (χ1) is 10.4. The molecule has 5 heteroatoms. The first-order valence-electron chi connectivity index (χ1n) is 7.74. The van der Waals surface area contributed by atoms with Crippen molar-refractivity contribution >= 4 is 17.5 Å². The Morgan fingerprint density at radius 1 is 1.27 bits per heavy atom. The third kappa shape index (κ3) is 3.85. The molecule has 0 radical (unpaired) electrons. The van der Waals surface area contributed by atoms with Gasteiger partial charge in [-0.15, -0.1) is 0 Å². The summed E-state index contributed by atoms with van der Waals surface area (Å²) in [7, 11) is 0. The quantitative estimate of drug-likeness (QED) is 0.819. The maximum absolute atomic E-state index is 12.2. The van der Waals surface area contributed by atoms with Crippen molar-refractivity contribution < 1.29 is 14.7 Å². The van der Waals surface area contributed by atoms with Gasteiger partial charge < -0.3 is 15.3 Å². The lowest BCUT2D eigenvalue weighted by Gasteiger charge is -2.32. The fourth-order valence-corrected chi connectivity index (χ4v) is 2.77. The van der Waals surface area contributed by atoms with Gasteiger partial charge in [-0.1, -0.05) is 12.1 Å². The van der Waals surface area contributed by atoms with Crippen molar-refractivity contribution in [3.05, 3.63) is 29.3 Å². The van der Waals surface area contributed by atoms with Crippen LogP contribution in [-0.2, 0) is 9.59 Å². The summed E-state index contributed by atoms with van der Waals surface area (Å²) in [4.78, 5) is 25.9. The van der Waals surface area contributed by atoms with Crippen molar-refractivity contribution in [1.82, 2.24) is 4.90 Å². The summed E-state index contributed by atoms with van der Waals surface area (Å²) in [6, 6.07) is 5.75. The minimum absolute atomic E-state index is 0.214. The highest BCUT2D eigenvalue weighted by Crippen LogP contribution is 2.21. The van der Waals surface area contributed by atoms with Crippen LogP contribution in [-0.4, -0.2) is 41.0 Å². The van der Waals surface area contributed by atoms with E-state index in [1.807, 2.05) is 32.0 Å². The molecular formula is C17H24N2O3. The molecule has 22 heavy (non-hydrogen) atoms. The predicted molar refractivity (Wildman–Crippen MR) is 85.5 cm³/mol. The van der Waals surface area contributed by atoms with Crippen molar-refractivity contribution in [2.45, 2.75) is 39.7 Å². The van der Waals surface area contributed by atoms with Gasteiger partial charge in [0.2, 0.25) is 0 Å². The monoisotopic (exact) mass is 304 g/mol. The molecule has 1 aromatic carbocycles. The Kier molecular flexibility index (Phi) is 5.19. The Balaban J connectivity index is 1.96. The van der Waals surface area contributed by atoms with E-state index in [9.17, 15) is 14.7 Å². The van der Waals surface area contributed by atoms with E-state index >= 15 is 0 Å². The van der Waals surface area contributed by atoms with Gasteiger partial charge >= 0.3 is 11.8 Å². The number of carbonyl (C=O) groups excluding carboxylic acids is 2. The Labute approximate surface area is 131 Å². The molecule has 1 unspecified atom stereocenters. The second-order valence-corrected chi connectivity index (χ2v) is 6.14. The van der Waals surface area contributed by atoms with Crippen molar-refractivity contribution in [3.8, 4) is 0 Å². The number of nitrogens with one attached hydrogen (secondary N) is 1. The molecule has 1 atom stereocenters. The molecule has 0 aromatic heterocycles. The lowest BCUT2D eigenvalue weighted by atomic mass is 9.92. The minimum Gasteiger partial charge on any atom is -0.393 e. The van der Waals surface area contributed by atoms with Crippen molar-refractivity contribution in [1.29, 1.82) is 0 Å². The number of carbonyl (C=O) groups is 2. The van der Waals surface area contributed by atoms with Crippen LogP contribution in [0.1, 0.15) is 30.9 Å². The normalized spacial score (nSPS) is 17.2. The molecule has 2 amide bonds.